The molecular weight excluding hydrogens is 236 g/mol. The fraction of sp³-hybridized carbons (Fsp3) is 0.938. The molecule has 1 saturated heterocycles. The van der Waals surface area contributed by atoms with E-state index >= 15 is 0 Å². The molecule has 0 aromatic heterocycles. The van der Waals surface area contributed by atoms with E-state index in [1.54, 1.807) is 0 Å². The Morgan fingerprint density at radius 2 is 1.68 bits per heavy atom. The largest absolute Gasteiger partial charge is 0.353 e. The van der Waals surface area contributed by atoms with E-state index in [9.17, 15) is 4.79 Å². The summed E-state index contributed by atoms with van der Waals surface area (Å²) in [7, 11) is 0. The molecule has 1 heterocycles. The minimum atomic E-state index is 0.228. The van der Waals surface area contributed by atoms with Crippen LogP contribution in [0.25, 0.3) is 0 Å². The van der Waals surface area contributed by atoms with Crippen molar-refractivity contribution in [3.05, 3.63) is 0 Å². The summed E-state index contributed by atoms with van der Waals surface area (Å²) in [5.74, 6) is 4.16. The van der Waals surface area contributed by atoms with Gasteiger partial charge in [0, 0.05) is 12.6 Å². The zero-order valence-electron chi connectivity index (χ0n) is 11.7. The van der Waals surface area contributed by atoms with Crippen LogP contribution in [0.15, 0.2) is 0 Å². The van der Waals surface area contributed by atoms with Gasteiger partial charge >= 0.3 is 0 Å². The Balaban J connectivity index is 1.41. The third-order valence-corrected chi connectivity index (χ3v) is 6.20. The van der Waals surface area contributed by atoms with Crippen LogP contribution < -0.4 is 10.6 Å². The molecule has 3 nitrogen and oxygen atoms in total. The zero-order chi connectivity index (χ0) is 12.8. The molecule has 1 atom stereocenters. The van der Waals surface area contributed by atoms with Crippen molar-refractivity contribution in [3.63, 3.8) is 0 Å². The van der Waals surface area contributed by atoms with Gasteiger partial charge in [-0.3, -0.25) is 4.79 Å². The highest BCUT2D eigenvalue weighted by molar-refractivity contribution is 5.79. The molecular formula is C16H26N2O. The summed E-state index contributed by atoms with van der Waals surface area (Å²) in [4.78, 5) is 12.4. The van der Waals surface area contributed by atoms with Crippen molar-refractivity contribution in [1.82, 2.24) is 10.6 Å². The Hall–Kier alpha value is -0.570. The molecule has 4 aliphatic carbocycles. The first-order chi connectivity index (χ1) is 9.29. The molecule has 5 aliphatic rings. The van der Waals surface area contributed by atoms with Crippen LogP contribution in [-0.2, 0) is 4.79 Å². The highest BCUT2D eigenvalue weighted by atomic mass is 16.2. The minimum absolute atomic E-state index is 0.228. The number of hydrogen-bond acceptors (Lipinski definition) is 2. The van der Waals surface area contributed by atoms with Gasteiger partial charge < -0.3 is 10.6 Å². The maximum absolute atomic E-state index is 12.4. The average molecular weight is 262 g/mol. The van der Waals surface area contributed by atoms with Crippen LogP contribution in [0.2, 0.25) is 0 Å². The Bertz CT molecular complexity index is 334. The minimum Gasteiger partial charge on any atom is -0.353 e. The summed E-state index contributed by atoms with van der Waals surface area (Å²) in [6.45, 7) is 1.97. The lowest BCUT2D eigenvalue weighted by molar-refractivity contribution is -0.129. The van der Waals surface area contributed by atoms with E-state index in [2.05, 4.69) is 10.6 Å². The van der Waals surface area contributed by atoms with E-state index in [1.807, 2.05) is 0 Å². The van der Waals surface area contributed by atoms with Gasteiger partial charge in [0.2, 0.25) is 5.91 Å². The summed E-state index contributed by atoms with van der Waals surface area (Å²) in [6.07, 6.45) is 9.27. The second-order valence-corrected chi connectivity index (χ2v) is 7.51. The molecule has 5 rings (SSSR count). The highest BCUT2D eigenvalue weighted by Crippen LogP contribution is 2.53. The van der Waals surface area contributed by atoms with E-state index in [-0.39, 0.29) is 5.92 Å². The lowest BCUT2D eigenvalue weighted by Gasteiger charge is -2.54. The molecule has 0 aromatic carbocycles. The predicted octanol–water partition coefficient (Wildman–Crippen LogP) is 1.93. The lowest BCUT2D eigenvalue weighted by atomic mass is 9.54. The van der Waals surface area contributed by atoms with Crippen LogP contribution >= 0.6 is 0 Å². The maximum Gasteiger partial charge on any atom is 0.224 e. The van der Waals surface area contributed by atoms with Gasteiger partial charge in [-0.1, -0.05) is 0 Å². The van der Waals surface area contributed by atoms with E-state index in [4.69, 9.17) is 0 Å². The van der Waals surface area contributed by atoms with Crippen LogP contribution in [0, 0.1) is 29.6 Å². The number of carbonyl (C=O) groups excluding carboxylic acids is 1. The summed E-state index contributed by atoms with van der Waals surface area (Å²) in [6, 6.07) is 0.516. The molecule has 3 heteroatoms. The average Bonchev–Trinajstić information content (AvgIpc) is 2.43. The van der Waals surface area contributed by atoms with E-state index in [1.165, 1.54) is 32.1 Å². The van der Waals surface area contributed by atoms with Crippen LogP contribution in [0.3, 0.4) is 0 Å². The first kappa shape index (κ1) is 12.2. The molecule has 0 unspecified atom stereocenters. The van der Waals surface area contributed by atoms with Crippen molar-refractivity contribution in [2.24, 2.45) is 29.6 Å². The maximum atomic E-state index is 12.4. The molecule has 2 N–H and O–H groups in total. The monoisotopic (exact) mass is 262 g/mol. The van der Waals surface area contributed by atoms with Gasteiger partial charge in [0.25, 0.3) is 0 Å². The lowest BCUT2D eigenvalue weighted by Crippen LogP contribution is -2.57. The topological polar surface area (TPSA) is 41.1 Å². The summed E-state index contributed by atoms with van der Waals surface area (Å²) in [5, 5.41) is 6.81. The Kier molecular flexibility index (Phi) is 3.06. The van der Waals surface area contributed by atoms with Crippen LogP contribution in [0.4, 0.5) is 0 Å². The van der Waals surface area contributed by atoms with Crippen molar-refractivity contribution >= 4 is 5.91 Å². The number of amides is 1. The standard InChI is InChI=1S/C16H26N2O/c19-16(12-2-1-3-17-9-12)18-15-13-5-10-4-11(7-13)8-14(15)6-10/h10-15,17H,1-9H2,(H,18,19)/t10?,11?,12-,13?,14?,15?/m1/s1. The smallest absolute Gasteiger partial charge is 0.224 e. The molecule has 5 fully saturated rings. The second kappa shape index (κ2) is 4.76. The van der Waals surface area contributed by atoms with E-state index < -0.39 is 0 Å². The Morgan fingerprint density at radius 3 is 2.26 bits per heavy atom. The molecule has 1 aliphatic heterocycles. The first-order valence-corrected chi connectivity index (χ1v) is 8.30. The summed E-state index contributed by atoms with van der Waals surface area (Å²) < 4.78 is 0. The van der Waals surface area contributed by atoms with E-state index in [0.29, 0.717) is 11.9 Å². The second-order valence-electron chi connectivity index (χ2n) is 7.51. The molecule has 0 radical (unpaired) electrons. The quantitative estimate of drug-likeness (QED) is 0.798. The molecule has 4 bridgehead atoms. The van der Waals surface area contributed by atoms with E-state index in [0.717, 1.165) is 49.6 Å². The van der Waals surface area contributed by atoms with Crippen molar-refractivity contribution in [2.75, 3.05) is 13.1 Å². The van der Waals surface area contributed by atoms with Gasteiger partial charge in [-0.15, -0.1) is 0 Å². The third kappa shape index (κ3) is 2.20. The fourth-order valence-electron chi connectivity index (χ4n) is 5.52. The molecule has 0 spiro atoms. The number of carbonyl (C=O) groups is 1. The van der Waals surface area contributed by atoms with Crippen molar-refractivity contribution in [1.29, 1.82) is 0 Å². The van der Waals surface area contributed by atoms with Gasteiger partial charge in [0.1, 0.15) is 0 Å². The third-order valence-electron chi connectivity index (χ3n) is 6.20. The summed E-state index contributed by atoms with van der Waals surface area (Å²) >= 11 is 0. The van der Waals surface area contributed by atoms with Gasteiger partial charge in [-0.25, -0.2) is 0 Å². The number of piperidine rings is 1. The Morgan fingerprint density at radius 1 is 1.00 bits per heavy atom. The van der Waals surface area contributed by atoms with Crippen molar-refractivity contribution in [3.8, 4) is 0 Å². The number of hydrogen-bond donors (Lipinski definition) is 2. The molecule has 106 valence electrons. The number of rotatable bonds is 2. The molecule has 4 saturated carbocycles. The van der Waals surface area contributed by atoms with Crippen molar-refractivity contribution < 1.29 is 4.79 Å². The van der Waals surface area contributed by atoms with Crippen molar-refractivity contribution in [2.45, 2.75) is 51.0 Å². The van der Waals surface area contributed by atoms with Crippen LogP contribution in [-0.4, -0.2) is 25.0 Å². The predicted molar refractivity (Wildman–Crippen MR) is 74.6 cm³/mol. The Labute approximate surface area is 115 Å². The van der Waals surface area contributed by atoms with Gasteiger partial charge in [-0.2, -0.15) is 0 Å². The molecule has 19 heavy (non-hydrogen) atoms. The number of nitrogens with one attached hydrogen (secondary N) is 2. The van der Waals surface area contributed by atoms with Crippen LogP contribution in [0.1, 0.15) is 44.9 Å². The summed E-state index contributed by atoms with van der Waals surface area (Å²) in [5.41, 5.74) is 0. The fourth-order valence-corrected chi connectivity index (χ4v) is 5.52. The molecule has 0 aromatic rings. The zero-order valence-corrected chi connectivity index (χ0v) is 11.7. The molecule has 1 amide bonds. The van der Waals surface area contributed by atoms with Gasteiger partial charge in [-0.05, 0) is 75.2 Å². The van der Waals surface area contributed by atoms with Crippen LogP contribution in [0.5, 0.6) is 0 Å². The normalized spacial score (nSPS) is 48.2. The highest BCUT2D eigenvalue weighted by Gasteiger charge is 2.48. The van der Waals surface area contributed by atoms with Gasteiger partial charge in [0.05, 0.1) is 5.92 Å². The van der Waals surface area contributed by atoms with Gasteiger partial charge in [0.15, 0.2) is 0 Å². The SMILES string of the molecule is O=C(NC1C2CC3CC(C2)CC1C3)[C@@H]1CCCNC1. The first-order valence-electron chi connectivity index (χ1n) is 8.30.